The van der Waals surface area contributed by atoms with Crippen LogP contribution in [-0.2, 0) is 11.3 Å². The Morgan fingerprint density at radius 2 is 2.14 bits per heavy atom. The van der Waals surface area contributed by atoms with E-state index in [1.54, 1.807) is 6.07 Å². The van der Waals surface area contributed by atoms with Gasteiger partial charge in [0, 0.05) is 25.0 Å². The molecular weight excluding hydrogens is 305 g/mol. The van der Waals surface area contributed by atoms with Gasteiger partial charge in [0.2, 0.25) is 0 Å². The first-order valence-corrected chi connectivity index (χ1v) is 8.39. The third-order valence-electron chi connectivity index (χ3n) is 5.32. The van der Waals surface area contributed by atoms with Gasteiger partial charge in [-0.1, -0.05) is 23.7 Å². The normalized spacial score (nSPS) is 27.8. The zero-order valence-corrected chi connectivity index (χ0v) is 13.7. The number of hydrogen-bond acceptors (Lipinski definition) is 3. The number of hydrogen-bond donors (Lipinski definition) is 1. The highest BCUT2D eigenvalue weighted by molar-refractivity contribution is 6.31. The molecule has 122 valence electrons. The van der Waals surface area contributed by atoms with Gasteiger partial charge in [-0.25, -0.2) is 4.39 Å². The van der Waals surface area contributed by atoms with Gasteiger partial charge in [0.05, 0.1) is 17.2 Å². The molecule has 1 N–H and O–H groups in total. The van der Waals surface area contributed by atoms with E-state index in [4.69, 9.17) is 16.3 Å². The summed E-state index contributed by atoms with van der Waals surface area (Å²) >= 11 is 6.03. The van der Waals surface area contributed by atoms with E-state index in [2.05, 4.69) is 4.90 Å². The minimum Gasteiger partial charge on any atom is -0.392 e. The number of benzene rings is 1. The van der Waals surface area contributed by atoms with Crippen molar-refractivity contribution in [2.24, 2.45) is 5.41 Å². The SMILES string of the molecule is CCOC1CC(O)C12CCN(Cc1cccc(F)c1Cl)CC2. The van der Waals surface area contributed by atoms with E-state index in [1.165, 1.54) is 6.07 Å². The molecule has 3 nitrogen and oxygen atoms in total. The number of aliphatic hydroxyl groups is 1. The van der Waals surface area contributed by atoms with Gasteiger partial charge in [0.25, 0.3) is 0 Å². The Kier molecular flexibility index (Phi) is 4.74. The van der Waals surface area contributed by atoms with E-state index in [0.717, 1.165) is 37.9 Å². The van der Waals surface area contributed by atoms with Crippen LogP contribution >= 0.6 is 11.6 Å². The van der Waals surface area contributed by atoms with Gasteiger partial charge in [0.1, 0.15) is 5.82 Å². The highest BCUT2D eigenvalue weighted by atomic mass is 35.5. The fourth-order valence-electron chi connectivity index (χ4n) is 3.86. The first kappa shape index (κ1) is 16.2. The zero-order valence-electron chi connectivity index (χ0n) is 12.9. The number of halogens is 2. The molecule has 5 heteroatoms. The molecule has 1 aliphatic heterocycles. The number of rotatable bonds is 4. The highest BCUT2D eigenvalue weighted by Crippen LogP contribution is 2.51. The van der Waals surface area contributed by atoms with Gasteiger partial charge in [-0.2, -0.15) is 0 Å². The van der Waals surface area contributed by atoms with E-state index in [9.17, 15) is 9.50 Å². The first-order valence-electron chi connectivity index (χ1n) is 8.01. The molecule has 1 aliphatic carbocycles. The monoisotopic (exact) mass is 327 g/mol. The van der Waals surface area contributed by atoms with Gasteiger partial charge in [-0.15, -0.1) is 0 Å². The smallest absolute Gasteiger partial charge is 0.142 e. The Bertz CT molecular complexity index is 529. The van der Waals surface area contributed by atoms with Crippen molar-refractivity contribution in [1.29, 1.82) is 0 Å². The van der Waals surface area contributed by atoms with Crippen LogP contribution in [0, 0.1) is 11.2 Å². The number of likely N-dealkylation sites (tertiary alicyclic amines) is 1. The maximum absolute atomic E-state index is 13.5. The molecule has 2 fully saturated rings. The summed E-state index contributed by atoms with van der Waals surface area (Å²) in [6, 6.07) is 4.95. The quantitative estimate of drug-likeness (QED) is 0.921. The fourth-order valence-corrected chi connectivity index (χ4v) is 4.04. The maximum Gasteiger partial charge on any atom is 0.142 e. The Balaban J connectivity index is 1.61. The van der Waals surface area contributed by atoms with Crippen LogP contribution in [0.4, 0.5) is 4.39 Å². The molecule has 2 aliphatic rings. The molecule has 1 heterocycles. The second-order valence-electron chi connectivity index (χ2n) is 6.42. The highest BCUT2D eigenvalue weighted by Gasteiger charge is 2.55. The zero-order chi connectivity index (χ0) is 15.7. The molecule has 0 radical (unpaired) electrons. The molecule has 1 aromatic carbocycles. The molecule has 0 amide bonds. The van der Waals surface area contributed by atoms with Crippen molar-refractivity contribution < 1.29 is 14.2 Å². The topological polar surface area (TPSA) is 32.7 Å². The Labute approximate surface area is 136 Å². The summed E-state index contributed by atoms with van der Waals surface area (Å²) in [5, 5.41) is 10.4. The Morgan fingerprint density at radius 3 is 2.77 bits per heavy atom. The van der Waals surface area contributed by atoms with Crippen LogP contribution in [0.5, 0.6) is 0 Å². The summed E-state index contributed by atoms with van der Waals surface area (Å²) in [6.45, 7) is 5.12. The molecular formula is C17H23ClFNO2. The van der Waals surface area contributed by atoms with Crippen molar-refractivity contribution in [3.05, 3.63) is 34.6 Å². The van der Waals surface area contributed by atoms with E-state index in [1.807, 2.05) is 13.0 Å². The molecule has 2 atom stereocenters. The van der Waals surface area contributed by atoms with Gasteiger partial charge in [-0.3, -0.25) is 4.90 Å². The molecule has 1 spiro atoms. The standard InChI is InChI=1S/C17H23ClFNO2/c1-2-22-15-10-14(21)17(15)6-8-20(9-7-17)11-12-4-3-5-13(19)16(12)18/h3-5,14-15,21H,2,6-11H2,1H3. The minimum absolute atomic E-state index is 0.0712. The predicted molar refractivity (Wildman–Crippen MR) is 84.4 cm³/mol. The number of ether oxygens (including phenoxy) is 1. The van der Waals surface area contributed by atoms with E-state index in [-0.39, 0.29) is 28.5 Å². The number of nitrogens with zero attached hydrogens (tertiary/aromatic N) is 1. The summed E-state index contributed by atoms with van der Waals surface area (Å²) in [6.07, 6.45) is 2.54. The van der Waals surface area contributed by atoms with Crippen LogP contribution in [-0.4, -0.2) is 41.9 Å². The lowest BCUT2D eigenvalue weighted by Gasteiger charge is -2.56. The van der Waals surface area contributed by atoms with Crippen molar-refractivity contribution >= 4 is 11.6 Å². The minimum atomic E-state index is -0.363. The van der Waals surface area contributed by atoms with Crippen LogP contribution < -0.4 is 0 Å². The molecule has 0 bridgehead atoms. The third kappa shape index (κ3) is 2.78. The molecule has 3 rings (SSSR count). The predicted octanol–water partition coefficient (Wildman–Crippen LogP) is 3.23. The van der Waals surface area contributed by atoms with E-state index >= 15 is 0 Å². The van der Waals surface area contributed by atoms with Gasteiger partial charge in [-0.05, 0) is 44.5 Å². The van der Waals surface area contributed by atoms with Crippen molar-refractivity contribution in [1.82, 2.24) is 4.90 Å². The van der Waals surface area contributed by atoms with Crippen LogP contribution in [0.25, 0.3) is 0 Å². The maximum atomic E-state index is 13.5. The largest absolute Gasteiger partial charge is 0.392 e. The van der Waals surface area contributed by atoms with Gasteiger partial charge in [0.15, 0.2) is 0 Å². The van der Waals surface area contributed by atoms with E-state index < -0.39 is 0 Å². The lowest BCUT2D eigenvalue weighted by molar-refractivity contribution is -0.209. The Hall–Kier alpha value is -0.680. The molecule has 0 aromatic heterocycles. The first-order chi connectivity index (χ1) is 10.6. The van der Waals surface area contributed by atoms with Crippen molar-refractivity contribution in [3.8, 4) is 0 Å². The third-order valence-corrected chi connectivity index (χ3v) is 5.75. The van der Waals surface area contributed by atoms with Crippen molar-refractivity contribution in [3.63, 3.8) is 0 Å². The average molecular weight is 328 g/mol. The molecule has 1 aromatic rings. The summed E-state index contributed by atoms with van der Waals surface area (Å²) in [4.78, 5) is 2.28. The lowest BCUT2D eigenvalue weighted by Crippen LogP contribution is -2.62. The summed E-state index contributed by atoms with van der Waals surface area (Å²) in [5.74, 6) is -0.363. The number of piperidine rings is 1. The van der Waals surface area contributed by atoms with Crippen molar-refractivity contribution in [2.45, 2.75) is 44.9 Å². The fraction of sp³-hybridized carbons (Fsp3) is 0.647. The second-order valence-corrected chi connectivity index (χ2v) is 6.80. The summed E-state index contributed by atoms with van der Waals surface area (Å²) in [5.41, 5.74) is 0.756. The molecule has 22 heavy (non-hydrogen) atoms. The number of aliphatic hydroxyl groups excluding tert-OH is 1. The molecule has 1 saturated heterocycles. The van der Waals surface area contributed by atoms with Crippen LogP contribution in [0.15, 0.2) is 18.2 Å². The second kappa shape index (κ2) is 6.44. The summed E-state index contributed by atoms with van der Waals surface area (Å²) in [7, 11) is 0. The molecule has 1 saturated carbocycles. The van der Waals surface area contributed by atoms with Crippen molar-refractivity contribution in [2.75, 3.05) is 19.7 Å². The summed E-state index contributed by atoms with van der Waals surface area (Å²) < 4.78 is 19.3. The van der Waals surface area contributed by atoms with Gasteiger partial charge < -0.3 is 9.84 Å². The van der Waals surface area contributed by atoms with E-state index in [0.29, 0.717) is 13.2 Å². The Morgan fingerprint density at radius 1 is 1.41 bits per heavy atom. The van der Waals surface area contributed by atoms with Crippen LogP contribution in [0.2, 0.25) is 5.02 Å². The molecule has 2 unspecified atom stereocenters. The van der Waals surface area contributed by atoms with Gasteiger partial charge >= 0.3 is 0 Å². The van der Waals surface area contributed by atoms with Crippen LogP contribution in [0.3, 0.4) is 0 Å². The van der Waals surface area contributed by atoms with Crippen LogP contribution in [0.1, 0.15) is 31.7 Å². The average Bonchev–Trinajstić information content (AvgIpc) is 2.52. The lowest BCUT2D eigenvalue weighted by atomic mass is 9.58.